The molecule has 4 nitrogen and oxygen atoms in total. The Labute approximate surface area is 146 Å². The molecule has 0 aliphatic carbocycles. The van der Waals surface area contributed by atoms with E-state index in [1.807, 2.05) is 18.2 Å². The van der Waals surface area contributed by atoms with Gasteiger partial charge in [0.25, 0.3) is 0 Å². The lowest BCUT2D eigenvalue weighted by Gasteiger charge is -2.05. The van der Waals surface area contributed by atoms with Gasteiger partial charge in [0, 0.05) is 11.3 Å². The summed E-state index contributed by atoms with van der Waals surface area (Å²) in [6.45, 7) is 4.84. The highest BCUT2D eigenvalue weighted by molar-refractivity contribution is 7.99. The van der Waals surface area contributed by atoms with E-state index in [1.54, 1.807) is 11.8 Å². The quantitative estimate of drug-likeness (QED) is 0.508. The van der Waals surface area contributed by atoms with Gasteiger partial charge in [-0.25, -0.2) is 4.98 Å². The summed E-state index contributed by atoms with van der Waals surface area (Å²) in [6, 6.07) is 16.5. The molecule has 1 aromatic heterocycles. The molecular weight excluding hydrogens is 318 g/mol. The lowest BCUT2D eigenvalue weighted by Crippen LogP contribution is -2.00. The first-order chi connectivity index (χ1) is 11.7. The Bertz CT molecular complexity index is 783. The number of aromatic amines is 1. The first-order valence-corrected chi connectivity index (χ1v) is 9.07. The molecule has 0 unspecified atom stereocenters. The Balaban J connectivity index is 1.50. The number of thioether (sulfide) groups is 1. The van der Waals surface area contributed by atoms with Gasteiger partial charge in [-0.2, -0.15) is 0 Å². The van der Waals surface area contributed by atoms with Crippen molar-refractivity contribution in [1.82, 2.24) is 15.2 Å². The van der Waals surface area contributed by atoms with Crippen LogP contribution < -0.4 is 4.74 Å². The second kappa shape index (κ2) is 8.02. The van der Waals surface area contributed by atoms with Crippen molar-refractivity contribution >= 4 is 11.8 Å². The first kappa shape index (κ1) is 16.6. The third-order valence-electron chi connectivity index (χ3n) is 3.67. The standard InChI is InChI=1S/C19H21N3OS/c1-3-15-7-9-16(10-8-15)18-20-19(22-21-18)24-12-11-23-17-6-4-5-14(2)13-17/h4-10,13H,3,11-12H2,1-2H3,(H,20,21,22). The molecule has 124 valence electrons. The largest absolute Gasteiger partial charge is 0.493 e. The van der Waals surface area contributed by atoms with Crippen molar-refractivity contribution in [3.63, 3.8) is 0 Å². The van der Waals surface area contributed by atoms with Crippen molar-refractivity contribution in [2.24, 2.45) is 0 Å². The van der Waals surface area contributed by atoms with Crippen LogP contribution >= 0.6 is 11.8 Å². The minimum atomic E-state index is 0.628. The molecule has 0 saturated heterocycles. The lowest BCUT2D eigenvalue weighted by molar-refractivity contribution is 0.343. The summed E-state index contributed by atoms with van der Waals surface area (Å²) in [5.74, 6) is 2.52. The van der Waals surface area contributed by atoms with Crippen molar-refractivity contribution in [2.45, 2.75) is 25.4 Å². The second-order valence-electron chi connectivity index (χ2n) is 5.53. The molecule has 0 atom stereocenters. The molecule has 0 radical (unpaired) electrons. The molecule has 0 fully saturated rings. The number of hydrogen-bond donors (Lipinski definition) is 1. The zero-order valence-corrected chi connectivity index (χ0v) is 14.8. The van der Waals surface area contributed by atoms with Crippen molar-refractivity contribution in [3.05, 3.63) is 59.7 Å². The van der Waals surface area contributed by atoms with Gasteiger partial charge in [0.2, 0.25) is 5.16 Å². The van der Waals surface area contributed by atoms with Gasteiger partial charge >= 0.3 is 0 Å². The Morgan fingerprint density at radius 3 is 2.71 bits per heavy atom. The highest BCUT2D eigenvalue weighted by atomic mass is 32.2. The molecule has 2 aromatic carbocycles. The average Bonchev–Trinajstić information content (AvgIpc) is 3.08. The van der Waals surface area contributed by atoms with E-state index in [4.69, 9.17) is 4.74 Å². The SMILES string of the molecule is CCc1ccc(-c2nc(SCCOc3cccc(C)c3)n[nH]2)cc1. The maximum absolute atomic E-state index is 5.74. The van der Waals surface area contributed by atoms with Crippen molar-refractivity contribution in [3.8, 4) is 17.1 Å². The fourth-order valence-corrected chi connectivity index (χ4v) is 2.95. The summed E-state index contributed by atoms with van der Waals surface area (Å²) in [4.78, 5) is 4.54. The lowest BCUT2D eigenvalue weighted by atomic mass is 10.1. The zero-order chi connectivity index (χ0) is 16.8. The van der Waals surface area contributed by atoms with Crippen LogP contribution in [0, 0.1) is 6.92 Å². The highest BCUT2D eigenvalue weighted by Gasteiger charge is 2.06. The van der Waals surface area contributed by atoms with Gasteiger partial charge in [-0.1, -0.05) is 55.1 Å². The smallest absolute Gasteiger partial charge is 0.208 e. The molecule has 0 aliphatic heterocycles. The molecule has 24 heavy (non-hydrogen) atoms. The van der Waals surface area contributed by atoms with Crippen LogP contribution in [0.3, 0.4) is 0 Å². The fraction of sp³-hybridized carbons (Fsp3) is 0.263. The van der Waals surface area contributed by atoms with Crippen molar-refractivity contribution < 1.29 is 4.74 Å². The van der Waals surface area contributed by atoms with E-state index in [0.29, 0.717) is 6.61 Å². The maximum atomic E-state index is 5.74. The van der Waals surface area contributed by atoms with Gasteiger partial charge in [0.1, 0.15) is 5.75 Å². The molecule has 3 aromatic rings. The third kappa shape index (κ3) is 4.38. The fourth-order valence-electron chi connectivity index (χ4n) is 2.34. The molecule has 1 heterocycles. The number of nitrogens with zero attached hydrogens (tertiary/aromatic N) is 2. The average molecular weight is 339 g/mol. The van der Waals surface area contributed by atoms with Gasteiger partial charge in [-0.3, -0.25) is 5.10 Å². The van der Waals surface area contributed by atoms with Crippen LogP contribution in [0.25, 0.3) is 11.4 Å². The number of hydrogen-bond acceptors (Lipinski definition) is 4. The predicted molar refractivity (Wildman–Crippen MR) is 98.6 cm³/mol. The monoisotopic (exact) mass is 339 g/mol. The van der Waals surface area contributed by atoms with Gasteiger partial charge in [-0.15, -0.1) is 5.10 Å². The van der Waals surface area contributed by atoms with E-state index < -0.39 is 0 Å². The molecule has 1 N–H and O–H groups in total. The first-order valence-electron chi connectivity index (χ1n) is 8.08. The predicted octanol–water partition coefficient (Wildman–Crippen LogP) is 4.51. The number of ether oxygens (including phenoxy) is 1. The Hall–Kier alpha value is -2.27. The Morgan fingerprint density at radius 1 is 1.12 bits per heavy atom. The maximum Gasteiger partial charge on any atom is 0.208 e. The molecule has 5 heteroatoms. The van der Waals surface area contributed by atoms with Gasteiger partial charge < -0.3 is 4.74 Å². The van der Waals surface area contributed by atoms with E-state index in [2.05, 4.69) is 59.4 Å². The number of rotatable bonds is 7. The molecular formula is C19H21N3OS. The molecule has 0 aliphatic rings. The number of aromatic nitrogens is 3. The highest BCUT2D eigenvalue weighted by Crippen LogP contribution is 2.20. The molecule has 3 rings (SSSR count). The van der Waals surface area contributed by atoms with Crippen LogP contribution in [0.15, 0.2) is 53.7 Å². The zero-order valence-electron chi connectivity index (χ0n) is 14.0. The van der Waals surface area contributed by atoms with Gasteiger partial charge in [-0.05, 0) is 36.6 Å². The molecule has 0 amide bonds. The second-order valence-corrected chi connectivity index (χ2v) is 6.59. The number of aryl methyl sites for hydroxylation is 2. The van der Waals surface area contributed by atoms with E-state index >= 15 is 0 Å². The summed E-state index contributed by atoms with van der Waals surface area (Å²) >= 11 is 1.59. The van der Waals surface area contributed by atoms with Crippen LogP contribution in [0.1, 0.15) is 18.1 Å². The van der Waals surface area contributed by atoms with Crippen LogP contribution in [0.5, 0.6) is 5.75 Å². The minimum Gasteiger partial charge on any atom is -0.493 e. The Kier molecular flexibility index (Phi) is 5.54. The number of H-pyrrole nitrogens is 1. The topological polar surface area (TPSA) is 50.8 Å². The van der Waals surface area contributed by atoms with Crippen LogP contribution in [0.2, 0.25) is 0 Å². The Morgan fingerprint density at radius 2 is 1.96 bits per heavy atom. The number of nitrogens with one attached hydrogen (secondary N) is 1. The minimum absolute atomic E-state index is 0.628. The van der Waals surface area contributed by atoms with Crippen LogP contribution in [-0.4, -0.2) is 27.5 Å². The normalized spacial score (nSPS) is 10.8. The van der Waals surface area contributed by atoms with Crippen LogP contribution in [-0.2, 0) is 6.42 Å². The summed E-state index contributed by atoms with van der Waals surface area (Å²) < 4.78 is 5.74. The van der Waals surface area contributed by atoms with Crippen LogP contribution in [0.4, 0.5) is 0 Å². The van der Waals surface area contributed by atoms with Crippen molar-refractivity contribution in [2.75, 3.05) is 12.4 Å². The number of benzene rings is 2. The van der Waals surface area contributed by atoms with E-state index in [9.17, 15) is 0 Å². The van der Waals surface area contributed by atoms with E-state index in [-0.39, 0.29) is 0 Å². The summed E-state index contributed by atoms with van der Waals surface area (Å²) in [5.41, 5.74) is 3.58. The van der Waals surface area contributed by atoms with Gasteiger partial charge in [0.05, 0.1) is 6.61 Å². The van der Waals surface area contributed by atoms with E-state index in [0.717, 1.165) is 34.5 Å². The molecule has 0 saturated carbocycles. The summed E-state index contributed by atoms with van der Waals surface area (Å²) in [6.07, 6.45) is 1.04. The molecule has 0 spiro atoms. The summed E-state index contributed by atoms with van der Waals surface area (Å²) in [7, 11) is 0. The third-order valence-corrected chi connectivity index (χ3v) is 4.48. The molecule has 0 bridgehead atoms. The van der Waals surface area contributed by atoms with E-state index in [1.165, 1.54) is 11.1 Å². The summed E-state index contributed by atoms with van der Waals surface area (Å²) in [5, 5.41) is 8.02. The van der Waals surface area contributed by atoms with Crippen molar-refractivity contribution in [1.29, 1.82) is 0 Å². The van der Waals surface area contributed by atoms with Gasteiger partial charge in [0.15, 0.2) is 5.82 Å².